The molecule has 11 heavy (non-hydrogen) atoms. The van der Waals surface area contributed by atoms with Crippen molar-refractivity contribution in [1.29, 1.82) is 0 Å². The fourth-order valence-corrected chi connectivity index (χ4v) is 0.879. The molecule has 0 aliphatic heterocycles. The highest BCUT2D eigenvalue weighted by Gasteiger charge is 2.12. The topological polar surface area (TPSA) is 80.9 Å². The van der Waals surface area contributed by atoms with E-state index in [0.29, 0.717) is 6.42 Å². The number of aliphatic hydroxyl groups is 4. The van der Waals surface area contributed by atoms with Gasteiger partial charge in [-0.25, -0.2) is 0 Å². The van der Waals surface area contributed by atoms with Crippen LogP contribution in [0.2, 0.25) is 0 Å². The van der Waals surface area contributed by atoms with Crippen LogP contribution in [-0.2, 0) is 0 Å². The third-order valence-corrected chi connectivity index (χ3v) is 1.47. The van der Waals surface area contributed by atoms with Gasteiger partial charge in [-0.05, 0) is 12.3 Å². The smallest absolute Gasteiger partial charge is 0.153 e. The summed E-state index contributed by atoms with van der Waals surface area (Å²) in [5.41, 5.74) is 0. The van der Waals surface area contributed by atoms with E-state index in [0.717, 1.165) is 0 Å². The van der Waals surface area contributed by atoms with Gasteiger partial charge in [0.1, 0.15) is 0 Å². The van der Waals surface area contributed by atoms with Gasteiger partial charge in [0.05, 0.1) is 6.10 Å². The van der Waals surface area contributed by atoms with Gasteiger partial charge in [0.15, 0.2) is 6.29 Å². The van der Waals surface area contributed by atoms with Gasteiger partial charge in [0.25, 0.3) is 0 Å². The van der Waals surface area contributed by atoms with Crippen LogP contribution in [0, 0.1) is 5.92 Å². The zero-order chi connectivity index (χ0) is 8.85. The monoisotopic (exact) mass is 164 g/mol. The van der Waals surface area contributed by atoms with Crippen molar-refractivity contribution in [2.24, 2.45) is 5.92 Å². The molecule has 0 aromatic heterocycles. The van der Waals surface area contributed by atoms with Gasteiger partial charge < -0.3 is 20.4 Å². The maximum Gasteiger partial charge on any atom is 0.153 e. The molecule has 0 aliphatic rings. The third kappa shape index (κ3) is 6.25. The predicted molar refractivity (Wildman–Crippen MR) is 39.7 cm³/mol. The maximum absolute atomic E-state index is 9.09. The van der Waals surface area contributed by atoms with Crippen LogP contribution in [-0.4, -0.2) is 39.4 Å². The summed E-state index contributed by atoms with van der Waals surface area (Å²) in [6, 6.07) is 0. The Morgan fingerprint density at radius 2 is 1.64 bits per heavy atom. The Balaban J connectivity index is 3.43. The van der Waals surface area contributed by atoms with E-state index in [2.05, 4.69) is 0 Å². The van der Waals surface area contributed by atoms with E-state index in [4.69, 9.17) is 20.4 Å². The van der Waals surface area contributed by atoms with E-state index < -0.39 is 12.4 Å². The first-order valence-electron chi connectivity index (χ1n) is 3.71. The van der Waals surface area contributed by atoms with Crippen LogP contribution in [0.5, 0.6) is 0 Å². The second-order valence-corrected chi connectivity index (χ2v) is 2.89. The fourth-order valence-electron chi connectivity index (χ4n) is 0.879. The van der Waals surface area contributed by atoms with Crippen molar-refractivity contribution in [1.82, 2.24) is 0 Å². The molecule has 0 saturated heterocycles. The molecule has 0 radical (unpaired) electrons. The zero-order valence-electron chi connectivity index (χ0n) is 6.64. The first-order chi connectivity index (χ1) is 5.06. The Hall–Kier alpha value is -0.160. The van der Waals surface area contributed by atoms with Crippen molar-refractivity contribution >= 4 is 0 Å². The Morgan fingerprint density at radius 3 is 2.00 bits per heavy atom. The summed E-state index contributed by atoms with van der Waals surface area (Å²) in [5.74, 6) is 0.00347. The second-order valence-electron chi connectivity index (χ2n) is 2.89. The number of hydrogen-bond donors (Lipinski definition) is 4. The molecule has 2 unspecified atom stereocenters. The lowest BCUT2D eigenvalue weighted by atomic mass is 10.0. The summed E-state index contributed by atoms with van der Waals surface area (Å²) in [6.45, 7) is 1.80. The van der Waals surface area contributed by atoms with E-state index in [9.17, 15) is 0 Å². The Labute approximate surface area is 66.1 Å². The highest BCUT2D eigenvalue weighted by molar-refractivity contribution is 4.61. The van der Waals surface area contributed by atoms with E-state index >= 15 is 0 Å². The third-order valence-electron chi connectivity index (χ3n) is 1.47. The fraction of sp³-hybridized carbons (Fsp3) is 1.00. The molecule has 0 aromatic carbocycles. The molecule has 0 fully saturated rings. The lowest BCUT2D eigenvalue weighted by molar-refractivity contribution is -0.0731. The van der Waals surface area contributed by atoms with Crippen LogP contribution in [0.1, 0.15) is 19.8 Å². The normalized spacial score (nSPS) is 16.9. The lowest BCUT2D eigenvalue weighted by Crippen LogP contribution is -2.20. The molecular formula is C7H16O4. The van der Waals surface area contributed by atoms with Gasteiger partial charge >= 0.3 is 0 Å². The molecule has 2 atom stereocenters. The van der Waals surface area contributed by atoms with Crippen molar-refractivity contribution in [2.75, 3.05) is 6.61 Å². The van der Waals surface area contributed by atoms with Crippen molar-refractivity contribution in [3.05, 3.63) is 0 Å². The van der Waals surface area contributed by atoms with Crippen LogP contribution in [0.25, 0.3) is 0 Å². The Morgan fingerprint density at radius 1 is 1.09 bits per heavy atom. The van der Waals surface area contributed by atoms with E-state index in [1.165, 1.54) is 0 Å². The van der Waals surface area contributed by atoms with E-state index in [-0.39, 0.29) is 18.9 Å². The van der Waals surface area contributed by atoms with E-state index in [1.807, 2.05) is 0 Å². The van der Waals surface area contributed by atoms with Crippen LogP contribution in [0.15, 0.2) is 0 Å². The number of rotatable bonds is 5. The largest absolute Gasteiger partial charge is 0.396 e. The minimum Gasteiger partial charge on any atom is -0.396 e. The molecule has 4 N–H and O–H groups in total. The van der Waals surface area contributed by atoms with Crippen molar-refractivity contribution in [2.45, 2.75) is 32.2 Å². The first-order valence-corrected chi connectivity index (χ1v) is 3.71. The average Bonchev–Trinajstić information content (AvgIpc) is 1.85. The highest BCUT2D eigenvalue weighted by atomic mass is 16.5. The molecular weight excluding hydrogens is 148 g/mol. The summed E-state index contributed by atoms with van der Waals surface area (Å²) in [7, 11) is 0. The molecule has 0 spiro atoms. The van der Waals surface area contributed by atoms with Gasteiger partial charge in [-0.2, -0.15) is 0 Å². The summed E-state index contributed by atoms with van der Waals surface area (Å²) >= 11 is 0. The van der Waals surface area contributed by atoms with E-state index in [1.54, 1.807) is 6.92 Å². The zero-order valence-corrected chi connectivity index (χ0v) is 6.64. The van der Waals surface area contributed by atoms with Crippen molar-refractivity contribution in [3.8, 4) is 0 Å². The molecule has 4 heteroatoms. The highest BCUT2D eigenvalue weighted by Crippen LogP contribution is 2.08. The standard InChI is InChI=1S/C7H16O4/c1-5(4-8)2-6(9)3-7(10)11/h5-11H,2-4H2,1H3. The predicted octanol–water partition coefficient (Wildman–Crippen LogP) is -0.933. The van der Waals surface area contributed by atoms with Gasteiger partial charge in [-0.1, -0.05) is 6.92 Å². The first kappa shape index (κ1) is 10.8. The van der Waals surface area contributed by atoms with Crippen molar-refractivity contribution < 1.29 is 20.4 Å². The Bertz CT molecular complexity index is 94.4. The number of hydrogen-bond acceptors (Lipinski definition) is 4. The Kier molecular flexibility index (Phi) is 5.41. The van der Waals surface area contributed by atoms with Gasteiger partial charge in [-0.3, -0.25) is 0 Å². The molecule has 0 bridgehead atoms. The summed E-state index contributed by atoms with van der Waals surface area (Å²) < 4.78 is 0. The molecule has 0 aromatic rings. The van der Waals surface area contributed by atoms with Gasteiger partial charge in [0, 0.05) is 13.0 Å². The van der Waals surface area contributed by atoms with Crippen molar-refractivity contribution in [3.63, 3.8) is 0 Å². The molecule has 0 saturated carbocycles. The van der Waals surface area contributed by atoms with Crippen LogP contribution < -0.4 is 0 Å². The second kappa shape index (κ2) is 5.49. The van der Waals surface area contributed by atoms with Crippen LogP contribution >= 0.6 is 0 Å². The van der Waals surface area contributed by atoms with Gasteiger partial charge in [0.2, 0.25) is 0 Å². The average molecular weight is 164 g/mol. The lowest BCUT2D eigenvalue weighted by Gasteiger charge is -2.14. The quantitative estimate of drug-likeness (QED) is 0.396. The molecule has 68 valence electrons. The molecule has 0 amide bonds. The van der Waals surface area contributed by atoms with Crippen LogP contribution in [0.3, 0.4) is 0 Å². The molecule has 0 aliphatic carbocycles. The molecule has 0 heterocycles. The minimum atomic E-state index is -1.46. The number of aliphatic hydroxyl groups excluding tert-OH is 3. The minimum absolute atomic E-state index is 0.00347. The van der Waals surface area contributed by atoms with Gasteiger partial charge in [-0.15, -0.1) is 0 Å². The maximum atomic E-state index is 9.09. The molecule has 4 nitrogen and oxygen atoms in total. The molecule has 0 rings (SSSR count). The SMILES string of the molecule is CC(CO)CC(O)CC(O)O. The van der Waals surface area contributed by atoms with Crippen LogP contribution in [0.4, 0.5) is 0 Å². The summed E-state index contributed by atoms with van der Waals surface area (Å²) in [4.78, 5) is 0. The summed E-state index contributed by atoms with van der Waals surface area (Å²) in [6.07, 6.45) is -1.86. The summed E-state index contributed by atoms with van der Waals surface area (Å²) in [5, 5.41) is 34.6.